The van der Waals surface area contributed by atoms with Crippen molar-refractivity contribution >= 4 is 17.5 Å². The minimum Gasteiger partial charge on any atom is -0.478 e. The van der Waals surface area contributed by atoms with Gasteiger partial charge in [0, 0.05) is 6.08 Å². The van der Waals surface area contributed by atoms with E-state index < -0.39 is 11.9 Å². The molecule has 1 rings (SSSR count). The Morgan fingerprint density at radius 2 is 1.88 bits per heavy atom. The van der Waals surface area contributed by atoms with Gasteiger partial charge >= 0.3 is 11.9 Å². The van der Waals surface area contributed by atoms with Gasteiger partial charge in [0.2, 0.25) is 0 Å². The number of aliphatic carboxylic acids is 1. The van der Waals surface area contributed by atoms with Crippen LogP contribution in [0.4, 0.5) is 0 Å². The molecule has 1 aromatic carbocycles. The number of hydrogen-bond acceptors (Lipinski definition) is 2. The van der Waals surface area contributed by atoms with Gasteiger partial charge in [0.15, 0.2) is 0 Å². The van der Waals surface area contributed by atoms with E-state index in [1.165, 1.54) is 12.1 Å². The zero-order valence-electron chi connectivity index (χ0n) is 9.51. The van der Waals surface area contributed by atoms with Gasteiger partial charge in [0.05, 0.1) is 5.56 Å². The van der Waals surface area contributed by atoms with Crippen LogP contribution in [0.3, 0.4) is 0 Å². The Bertz CT molecular complexity index is 460. The molecule has 17 heavy (non-hydrogen) atoms. The molecular weight excluding hydrogens is 220 g/mol. The number of benzene rings is 1. The van der Waals surface area contributed by atoms with Gasteiger partial charge < -0.3 is 10.2 Å². The Kier molecular flexibility index (Phi) is 4.46. The first-order valence-corrected chi connectivity index (χ1v) is 5.31. The summed E-state index contributed by atoms with van der Waals surface area (Å²) in [7, 11) is 0. The Morgan fingerprint density at radius 1 is 1.24 bits per heavy atom. The molecule has 0 saturated carbocycles. The monoisotopic (exact) mass is 234 g/mol. The number of allylic oxidation sites excluding steroid dienone is 1. The summed E-state index contributed by atoms with van der Waals surface area (Å²) in [4.78, 5) is 21.5. The molecule has 0 atom stereocenters. The van der Waals surface area contributed by atoms with Crippen LogP contribution in [0.15, 0.2) is 30.3 Å². The third kappa shape index (κ3) is 3.75. The maximum atomic E-state index is 10.8. The fourth-order valence-corrected chi connectivity index (χ4v) is 1.57. The van der Waals surface area contributed by atoms with Crippen LogP contribution in [0.1, 0.15) is 35.7 Å². The largest absolute Gasteiger partial charge is 0.478 e. The molecule has 0 aromatic heterocycles. The maximum absolute atomic E-state index is 10.8. The quantitative estimate of drug-likeness (QED) is 0.768. The molecule has 0 saturated heterocycles. The molecule has 0 aliphatic carbocycles. The van der Waals surface area contributed by atoms with Crippen LogP contribution < -0.4 is 0 Å². The van der Waals surface area contributed by atoms with E-state index >= 15 is 0 Å². The van der Waals surface area contributed by atoms with Crippen molar-refractivity contribution in [3.05, 3.63) is 41.5 Å². The first-order chi connectivity index (χ1) is 8.04. The summed E-state index contributed by atoms with van der Waals surface area (Å²) in [5, 5.41) is 17.6. The molecule has 0 aliphatic heterocycles. The van der Waals surface area contributed by atoms with Crippen LogP contribution in [-0.4, -0.2) is 22.2 Å². The topological polar surface area (TPSA) is 74.6 Å². The highest BCUT2D eigenvalue weighted by molar-refractivity contribution is 5.92. The van der Waals surface area contributed by atoms with Crippen molar-refractivity contribution in [2.75, 3.05) is 0 Å². The molecule has 0 amide bonds. The average molecular weight is 234 g/mol. The summed E-state index contributed by atoms with van der Waals surface area (Å²) in [5.74, 6) is -2.03. The first-order valence-electron chi connectivity index (χ1n) is 5.31. The average Bonchev–Trinajstić information content (AvgIpc) is 2.28. The van der Waals surface area contributed by atoms with E-state index in [1.54, 1.807) is 12.1 Å². The van der Waals surface area contributed by atoms with E-state index in [-0.39, 0.29) is 5.56 Å². The number of aromatic carboxylic acids is 1. The SMILES string of the molecule is CCC/C(=C\C(=O)O)c1cccc(C(=O)O)c1. The maximum Gasteiger partial charge on any atom is 0.335 e. The molecule has 4 nitrogen and oxygen atoms in total. The van der Waals surface area contributed by atoms with E-state index in [0.29, 0.717) is 17.6 Å². The van der Waals surface area contributed by atoms with E-state index in [4.69, 9.17) is 10.2 Å². The van der Waals surface area contributed by atoms with Crippen LogP contribution >= 0.6 is 0 Å². The molecular formula is C13H14O4. The summed E-state index contributed by atoms with van der Waals surface area (Å²) in [6, 6.07) is 6.31. The van der Waals surface area contributed by atoms with Crippen molar-refractivity contribution in [1.82, 2.24) is 0 Å². The van der Waals surface area contributed by atoms with Crippen LogP contribution in [0.2, 0.25) is 0 Å². The minimum absolute atomic E-state index is 0.162. The Hall–Kier alpha value is -2.10. The molecule has 0 bridgehead atoms. The second-order valence-corrected chi connectivity index (χ2v) is 3.64. The van der Waals surface area contributed by atoms with Crippen molar-refractivity contribution in [3.8, 4) is 0 Å². The summed E-state index contributed by atoms with van der Waals surface area (Å²) >= 11 is 0. The fraction of sp³-hybridized carbons (Fsp3) is 0.231. The molecule has 0 heterocycles. The molecule has 0 aliphatic rings. The van der Waals surface area contributed by atoms with Gasteiger partial charge in [-0.25, -0.2) is 9.59 Å². The number of carboxylic acid groups (broad SMARTS) is 2. The lowest BCUT2D eigenvalue weighted by Gasteiger charge is -2.06. The minimum atomic E-state index is -1.02. The number of hydrogen-bond donors (Lipinski definition) is 2. The van der Waals surface area contributed by atoms with Crippen molar-refractivity contribution in [2.24, 2.45) is 0 Å². The van der Waals surface area contributed by atoms with Crippen molar-refractivity contribution < 1.29 is 19.8 Å². The zero-order valence-corrected chi connectivity index (χ0v) is 9.51. The Balaban J connectivity index is 3.14. The van der Waals surface area contributed by atoms with Crippen molar-refractivity contribution in [1.29, 1.82) is 0 Å². The van der Waals surface area contributed by atoms with E-state index in [9.17, 15) is 9.59 Å². The van der Waals surface area contributed by atoms with Gasteiger partial charge in [0.25, 0.3) is 0 Å². The van der Waals surface area contributed by atoms with Gasteiger partial charge in [0.1, 0.15) is 0 Å². The molecule has 90 valence electrons. The molecule has 0 fully saturated rings. The highest BCUT2D eigenvalue weighted by atomic mass is 16.4. The second-order valence-electron chi connectivity index (χ2n) is 3.64. The molecule has 0 spiro atoms. The molecule has 0 radical (unpaired) electrons. The van der Waals surface area contributed by atoms with Gasteiger partial charge in [-0.15, -0.1) is 0 Å². The van der Waals surface area contributed by atoms with Gasteiger partial charge in [-0.3, -0.25) is 0 Å². The predicted molar refractivity (Wildman–Crippen MR) is 63.9 cm³/mol. The van der Waals surface area contributed by atoms with Crippen molar-refractivity contribution in [3.63, 3.8) is 0 Å². The third-order valence-corrected chi connectivity index (χ3v) is 2.30. The lowest BCUT2D eigenvalue weighted by molar-refractivity contribution is -0.131. The normalized spacial score (nSPS) is 11.2. The van der Waals surface area contributed by atoms with Gasteiger partial charge in [-0.05, 0) is 29.7 Å². The number of rotatable bonds is 5. The third-order valence-electron chi connectivity index (χ3n) is 2.30. The standard InChI is InChI=1S/C13H14O4/c1-2-4-9(8-12(14)15)10-5-3-6-11(7-10)13(16)17/h3,5-8H,2,4H2,1H3,(H,14,15)(H,16,17)/b9-8+. The lowest BCUT2D eigenvalue weighted by atomic mass is 9.99. The van der Waals surface area contributed by atoms with Gasteiger partial charge in [-0.2, -0.15) is 0 Å². The van der Waals surface area contributed by atoms with Crippen LogP contribution in [-0.2, 0) is 4.79 Å². The fourth-order valence-electron chi connectivity index (χ4n) is 1.57. The summed E-state index contributed by atoms with van der Waals surface area (Å²) in [6.07, 6.45) is 2.54. The lowest BCUT2D eigenvalue weighted by Crippen LogP contribution is -1.98. The van der Waals surface area contributed by atoms with E-state index in [2.05, 4.69) is 0 Å². The first kappa shape index (κ1) is 13.0. The Morgan fingerprint density at radius 3 is 2.41 bits per heavy atom. The zero-order chi connectivity index (χ0) is 12.8. The Labute approximate surface area is 99.2 Å². The summed E-state index contributed by atoms with van der Waals surface area (Å²) in [6.45, 7) is 1.94. The molecule has 0 unspecified atom stereocenters. The van der Waals surface area contributed by atoms with Crippen molar-refractivity contribution in [2.45, 2.75) is 19.8 Å². The molecule has 2 N–H and O–H groups in total. The summed E-state index contributed by atoms with van der Waals surface area (Å²) in [5.41, 5.74) is 1.45. The second kappa shape index (κ2) is 5.84. The molecule has 1 aromatic rings. The highest BCUT2D eigenvalue weighted by Gasteiger charge is 2.07. The number of carboxylic acids is 2. The number of carbonyl (C=O) groups is 2. The summed E-state index contributed by atoms with van der Waals surface area (Å²) < 4.78 is 0. The van der Waals surface area contributed by atoms with Gasteiger partial charge in [-0.1, -0.05) is 25.5 Å². The smallest absolute Gasteiger partial charge is 0.335 e. The van der Waals surface area contributed by atoms with Crippen LogP contribution in [0.5, 0.6) is 0 Å². The van der Waals surface area contributed by atoms with Crippen LogP contribution in [0, 0.1) is 0 Å². The highest BCUT2D eigenvalue weighted by Crippen LogP contribution is 2.20. The van der Waals surface area contributed by atoms with E-state index in [1.807, 2.05) is 6.92 Å². The molecule has 4 heteroatoms. The predicted octanol–water partition coefficient (Wildman–Crippen LogP) is 2.65. The van der Waals surface area contributed by atoms with E-state index in [0.717, 1.165) is 12.5 Å². The van der Waals surface area contributed by atoms with Crippen LogP contribution in [0.25, 0.3) is 5.57 Å².